The van der Waals surface area contributed by atoms with Crippen molar-refractivity contribution < 1.29 is 4.79 Å². The van der Waals surface area contributed by atoms with Gasteiger partial charge in [0, 0.05) is 33.2 Å². The molecule has 0 saturated heterocycles. The monoisotopic (exact) mass is 297 g/mol. The minimum atomic E-state index is 0.0403. The van der Waals surface area contributed by atoms with Gasteiger partial charge in [0.2, 0.25) is 0 Å². The van der Waals surface area contributed by atoms with Gasteiger partial charge in [-0.05, 0) is 50.1 Å². The molecule has 2 nitrogen and oxygen atoms in total. The molecule has 0 spiro atoms. The first-order chi connectivity index (χ1) is 9.97. The van der Waals surface area contributed by atoms with Crippen LogP contribution in [0.2, 0.25) is 5.02 Å². The van der Waals surface area contributed by atoms with Crippen molar-refractivity contribution in [2.75, 3.05) is 0 Å². The largest absolute Gasteiger partial charge is 0.360 e. The van der Waals surface area contributed by atoms with Gasteiger partial charge >= 0.3 is 0 Å². The van der Waals surface area contributed by atoms with Gasteiger partial charge < -0.3 is 4.98 Å². The minimum Gasteiger partial charge on any atom is -0.360 e. The van der Waals surface area contributed by atoms with Crippen molar-refractivity contribution in [1.82, 2.24) is 4.98 Å². The van der Waals surface area contributed by atoms with Crippen molar-refractivity contribution in [2.45, 2.75) is 20.8 Å². The summed E-state index contributed by atoms with van der Waals surface area (Å²) in [6.07, 6.45) is 1.77. The molecular formula is C18H16ClNO. The molecule has 0 saturated carbocycles. The molecule has 3 rings (SSSR count). The van der Waals surface area contributed by atoms with Crippen LogP contribution in [0.1, 0.15) is 32.6 Å². The lowest BCUT2D eigenvalue weighted by Gasteiger charge is -2.10. The van der Waals surface area contributed by atoms with Crippen LogP contribution >= 0.6 is 11.6 Å². The maximum absolute atomic E-state index is 12.9. The normalized spacial score (nSPS) is 11.0. The van der Waals surface area contributed by atoms with E-state index in [2.05, 4.69) is 4.98 Å². The van der Waals surface area contributed by atoms with Crippen LogP contribution in [0.4, 0.5) is 0 Å². The van der Waals surface area contributed by atoms with Crippen molar-refractivity contribution in [3.63, 3.8) is 0 Å². The van der Waals surface area contributed by atoms with Crippen LogP contribution in [0.5, 0.6) is 0 Å². The van der Waals surface area contributed by atoms with Crippen LogP contribution in [0, 0.1) is 20.8 Å². The molecule has 0 amide bonds. The predicted octanol–water partition coefficient (Wildman–Crippen LogP) is 4.98. The maximum Gasteiger partial charge on any atom is 0.195 e. The first kappa shape index (κ1) is 13.9. The van der Waals surface area contributed by atoms with Gasteiger partial charge in [0.25, 0.3) is 0 Å². The van der Waals surface area contributed by atoms with Crippen LogP contribution < -0.4 is 0 Å². The second-order valence-corrected chi connectivity index (χ2v) is 5.93. The third-order valence-electron chi connectivity index (χ3n) is 3.79. The summed E-state index contributed by atoms with van der Waals surface area (Å²) >= 11 is 6.06. The summed E-state index contributed by atoms with van der Waals surface area (Å²) in [4.78, 5) is 16.1. The second-order valence-electron chi connectivity index (χ2n) is 5.50. The Kier molecular flexibility index (Phi) is 3.34. The Morgan fingerprint density at radius 2 is 1.71 bits per heavy atom. The fourth-order valence-corrected chi connectivity index (χ4v) is 3.13. The highest BCUT2D eigenvalue weighted by atomic mass is 35.5. The summed E-state index contributed by atoms with van der Waals surface area (Å²) in [7, 11) is 0. The second kappa shape index (κ2) is 5.05. The van der Waals surface area contributed by atoms with Gasteiger partial charge in [-0.25, -0.2) is 0 Å². The van der Waals surface area contributed by atoms with Crippen molar-refractivity contribution in [2.24, 2.45) is 0 Å². The van der Waals surface area contributed by atoms with E-state index in [4.69, 9.17) is 11.6 Å². The summed E-state index contributed by atoms with van der Waals surface area (Å²) in [5.74, 6) is 0.0403. The van der Waals surface area contributed by atoms with E-state index in [9.17, 15) is 4.79 Å². The number of aromatic amines is 1. The Morgan fingerprint density at radius 1 is 1.05 bits per heavy atom. The van der Waals surface area contributed by atoms with Crippen LogP contribution in [0.15, 0.2) is 36.5 Å². The third-order valence-corrected chi connectivity index (χ3v) is 4.03. The number of hydrogen-bond donors (Lipinski definition) is 1. The van der Waals surface area contributed by atoms with E-state index < -0.39 is 0 Å². The molecule has 0 fully saturated rings. The summed E-state index contributed by atoms with van der Waals surface area (Å²) in [5, 5.41) is 1.50. The highest BCUT2D eigenvalue weighted by Gasteiger charge is 2.18. The summed E-state index contributed by atoms with van der Waals surface area (Å²) in [6, 6.07) is 9.63. The molecule has 0 bridgehead atoms. The fraction of sp³-hybridized carbons (Fsp3) is 0.167. The van der Waals surface area contributed by atoms with E-state index in [0.717, 1.165) is 27.6 Å². The van der Waals surface area contributed by atoms with Gasteiger partial charge in [-0.2, -0.15) is 0 Å². The Morgan fingerprint density at radius 3 is 2.38 bits per heavy atom. The zero-order valence-corrected chi connectivity index (χ0v) is 13.0. The molecule has 1 heterocycles. The molecule has 3 heteroatoms. The highest BCUT2D eigenvalue weighted by Crippen LogP contribution is 2.27. The number of carbonyl (C=O) groups excluding carboxylic acids is 1. The number of rotatable bonds is 2. The first-order valence-electron chi connectivity index (χ1n) is 6.86. The molecule has 0 atom stereocenters. The molecule has 0 unspecified atom stereocenters. The molecule has 1 aromatic heterocycles. The van der Waals surface area contributed by atoms with Gasteiger partial charge in [-0.1, -0.05) is 29.3 Å². The molecule has 0 aliphatic heterocycles. The number of nitrogens with one attached hydrogen (secondary N) is 1. The van der Waals surface area contributed by atoms with Crippen LogP contribution in [0.25, 0.3) is 10.9 Å². The van der Waals surface area contributed by atoms with Crippen LogP contribution in [-0.4, -0.2) is 10.8 Å². The quantitative estimate of drug-likeness (QED) is 0.665. The van der Waals surface area contributed by atoms with E-state index in [-0.39, 0.29) is 5.78 Å². The third kappa shape index (κ3) is 2.36. The van der Waals surface area contributed by atoms with E-state index in [0.29, 0.717) is 10.6 Å². The molecular weight excluding hydrogens is 282 g/mol. The average Bonchev–Trinajstić information content (AvgIpc) is 2.80. The molecule has 0 radical (unpaired) electrons. The maximum atomic E-state index is 12.9. The summed E-state index contributed by atoms with van der Waals surface area (Å²) < 4.78 is 0. The zero-order chi connectivity index (χ0) is 15.1. The van der Waals surface area contributed by atoms with E-state index in [1.165, 1.54) is 5.56 Å². The number of hydrogen-bond acceptors (Lipinski definition) is 1. The van der Waals surface area contributed by atoms with Crippen LogP contribution in [0.3, 0.4) is 0 Å². The number of fused-ring (bicyclic) bond motifs is 1. The molecule has 0 aliphatic rings. The van der Waals surface area contributed by atoms with Gasteiger partial charge in [-0.15, -0.1) is 0 Å². The molecule has 21 heavy (non-hydrogen) atoms. The van der Waals surface area contributed by atoms with Crippen molar-refractivity contribution in [3.05, 3.63) is 69.4 Å². The number of benzene rings is 2. The Labute approximate surface area is 128 Å². The molecule has 0 aliphatic carbocycles. The zero-order valence-electron chi connectivity index (χ0n) is 12.3. The summed E-state index contributed by atoms with van der Waals surface area (Å²) in [5.41, 5.74) is 5.56. The van der Waals surface area contributed by atoms with E-state index in [1.807, 2.05) is 51.1 Å². The summed E-state index contributed by atoms with van der Waals surface area (Å²) in [6.45, 7) is 6.00. The molecule has 3 aromatic rings. The number of halogens is 1. The van der Waals surface area contributed by atoms with Gasteiger partial charge in [-0.3, -0.25) is 4.79 Å². The Bertz CT molecular complexity index is 838. The number of ketones is 1. The number of aromatic nitrogens is 1. The topological polar surface area (TPSA) is 32.9 Å². The highest BCUT2D eigenvalue weighted by molar-refractivity contribution is 6.31. The molecule has 2 aromatic carbocycles. The smallest absolute Gasteiger partial charge is 0.195 e. The minimum absolute atomic E-state index is 0.0403. The first-order valence-corrected chi connectivity index (χ1v) is 7.24. The lowest BCUT2D eigenvalue weighted by Crippen LogP contribution is -2.06. The molecule has 106 valence electrons. The van der Waals surface area contributed by atoms with Crippen LogP contribution in [-0.2, 0) is 0 Å². The van der Waals surface area contributed by atoms with E-state index in [1.54, 1.807) is 6.20 Å². The lowest BCUT2D eigenvalue weighted by molar-refractivity contribution is 0.103. The Hall–Kier alpha value is -2.06. The van der Waals surface area contributed by atoms with Gasteiger partial charge in [0.05, 0.1) is 0 Å². The van der Waals surface area contributed by atoms with Crippen molar-refractivity contribution >= 4 is 28.3 Å². The standard InChI is InChI=1S/C18H16ClNO/c1-10-6-11(2)17(12(3)7-10)18(21)15-9-20-16-5-4-13(19)8-14(15)16/h4-9,20H,1-3H3. The number of H-pyrrole nitrogens is 1. The molecule has 1 N–H and O–H groups in total. The average molecular weight is 298 g/mol. The fourth-order valence-electron chi connectivity index (χ4n) is 2.95. The SMILES string of the molecule is Cc1cc(C)c(C(=O)c2c[nH]c3ccc(Cl)cc23)c(C)c1. The number of carbonyl (C=O) groups is 1. The van der Waals surface area contributed by atoms with Gasteiger partial charge in [0.1, 0.15) is 0 Å². The lowest BCUT2D eigenvalue weighted by atomic mass is 9.93. The predicted molar refractivity (Wildman–Crippen MR) is 87.4 cm³/mol. The number of aryl methyl sites for hydroxylation is 3. The van der Waals surface area contributed by atoms with Crippen molar-refractivity contribution in [1.29, 1.82) is 0 Å². The Balaban J connectivity index is 2.20. The van der Waals surface area contributed by atoms with Gasteiger partial charge in [0.15, 0.2) is 5.78 Å². The van der Waals surface area contributed by atoms with Crippen molar-refractivity contribution in [3.8, 4) is 0 Å². The van der Waals surface area contributed by atoms with E-state index >= 15 is 0 Å².